The van der Waals surface area contributed by atoms with E-state index in [0.29, 0.717) is 18.8 Å². The van der Waals surface area contributed by atoms with Gasteiger partial charge < -0.3 is 10.1 Å². The molecule has 1 saturated heterocycles. The molecule has 0 amide bonds. The number of nitrogens with zero attached hydrogens (tertiary/aromatic N) is 2. The molecule has 0 saturated carbocycles. The lowest BCUT2D eigenvalue weighted by atomic mass is 9.98. The van der Waals surface area contributed by atoms with E-state index in [4.69, 9.17) is 0 Å². The fraction of sp³-hybridized carbons (Fsp3) is 0.700. The zero-order valence-electron chi connectivity index (χ0n) is 9.92. The Balaban J connectivity index is 2.22. The molecule has 1 aliphatic heterocycles. The van der Waals surface area contributed by atoms with Crippen molar-refractivity contribution in [3.63, 3.8) is 0 Å². The number of nitrogens with one attached hydrogen (secondary N) is 1. The Bertz CT molecular complexity index is 497. The normalized spacial score (nSPS) is 27.2. The number of aliphatic hydroxyl groups excluding tert-OH is 1. The fourth-order valence-electron chi connectivity index (χ4n) is 1.91. The van der Waals surface area contributed by atoms with Crippen LogP contribution in [0.2, 0.25) is 0 Å². The molecule has 0 spiro atoms. The summed E-state index contributed by atoms with van der Waals surface area (Å²) in [5, 5.41) is 9.83. The zero-order chi connectivity index (χ0) is 12.6. The number of imidazole rings is 1. The van der Waals surface area contributed by atoms with Crippen molar-refractivity contribution in [2.24, 2.45) is 5.92 Å². The molecule has 7 heteroatoms. The molecule has 96 valence electrons. The summed E-state index contributed by atoms with van der Waals surface area (Å²) in [6.45, 7) is 4.22. The number of H-pyrrole nitrogens is 1. The lowest BCUT2D eigenvalue weighted by molar-refractivity contribution is 0.0604. The maximum atomic E-state index is 12.2. The first-order valence-corrected chi connectivity index (χ1v) is 7.05. The van der Waals surface area contributed by atoms with Gasteiger partial charge in [-0.2, -0.15) is 4.31 Å². The quantitative estimate of drug-likeness (QED) is 0.789. The third-order valence-corrected chi connectivity index (χ3v) is 4.95. The van der Waals surface area contributed by atoms with E-state index in [1.54, 1.807) is 6.92 Å². The predicted molar refractivity (Wildman–Crippen MR) is 61.9 cm³/mol. The predicted octanol–water partition coefficient (Wildman–Crippen LogP) is 0.110. The average molecular weight is 259 g/mol. The summed E-state index contributed by atoms with van der Waals surface area (Å²) in [6, 6.07) is 0. The smallest absolute Gasteiger partial charge is 0.260 e. The van der Waals surface area contributed by atoms with Crippen LogP contribution in [0.15, 0.2) is 11.2 Å². The molecule has 1 aromatic heterocycles. The molecule has 2 rings (SSSR count). The molecule has 0 radical (unpaired) electrons. The van der Waals surface area contributed by atoms with Crippen molar-refractivity contribution in [3.05, 3.63) is 12.0 Å². The Morgan fingerprint density at radius 3 is 2.82 bits per heavy atom. The largest absolute Gasteiger partial charge is 0.391 e. The zero-order valence-corrected chi connectivity index (χ0v) is 10.7. The molecule has 17 heavy (non-hydrogen) atoms. The first kappa shape index (κ1) is 12.5. The van der Waals surface area contributed by atoms with Crippen molar-refractivity contribution in [3.8, 4) is 0 Å². The topological polar surface area (TPSA) is 86.3 Å². The van der Waals surface area contributed by atoms with Gasteiger partial charge in [0.2, 0.25) is 0 Å². The minimum Gasteiger partial charge on any atom is -0.391 e. The summed E-state index contributed by atoms with van der Waals surface area (Å²) in [7, 11) is -3.54. The molecule has 2 heterocycles. The van der Waals surface area contributed by atoms with Gasteiger partial charge in [0.05, 0.1) is 12.3 Å². The van der Waals surface area contributed by atoms with Crippen molar-refractivity contribution in [1.82, 2.24) is 14.3 Å². The van der Waals surface area contributed by atoms with Crippen molar-refractivity contribution in [1.29, 1.82) is 0 Å². The summed E-state index contributed by atoms with van der Waals surface area (Å²) in [5.41, 5.74) is 0. The number of aryl methyl sites for hydroxylation is 1. The third-order valence-electron chi connectivity index (χ3n) is 3.18. The fourth-order valence-corrected chi connectivity index (χ4v) is 3.34. The molecule has 2 N–H and O–H groups in total. The van der Waals surface area contributed by atoms with Gasteiger partial charge in [-0.3, -0.25) is 0 Å². The van der Waals surface area contributed by atoms with Gasteiger partial charge in [0.15, 0.2) is 5.03 Å². The van der Waals surface area contributed by atoms with Crippen molar-refractivity contribution < 1.29 is 13.5 Å². The lowest BCUT2D eigenvalue weighted by Crippen LogP contribution is -2.45. The number of β-amino-alcohol motifs (C(OH)–C–C–N with tert-alkyl or cyclic N) is 1. The Morgan fingerprint density at radius 2 is 2.29 bits per heavy atom. The number of hydrogen-bond acceptors (Lipinski definition) is 4. The molecule has 1 aliphatic rings. The van der Waals surface area contributed by atoms with Crippen LogP contribution < -0.4 is 0 Å². The minimum atomic E-state index is -3.54. The number of hydrogen-bond donors (Lipinski definition) is 2. The first-order valence-electron chi connectivity index (χ1n) is 5.61. The van der Waals surface area contributed by atoms with Gasteiger partial charge in [0.25, 0.3) is 10.0 Å². The van der Waals surface area contributed by atoms with E-state index < -0.39 is 16.1 Å². The summed E-state index contributed by atoms with van der Waals surface area (Å²) in [5.74, 6) is 0.708. The van der Waals surface area contributed by atoms with Crippen molar-refractivity contribution in [2.75, 3.05) is 13.1 Å². The molecule has 0 bridgehead atoms. The second kappa shape index (κ2) is 4.40. The number of aliphatic hydroxyl groups is 1. The standard InChI is InChI=1S/C10H17N3O3S/c1-7-3-4-13(6-9(7)14)17(15,16)10-5-11-8(2)12-10/h5,7,9,14H,3-4,6H2,1-2H3,(H,11,12). The van der Waals surface area contributed by atoms with Gasteiger partial charge in [-0.25, -0.2) is 13.4 Å². The molecule has 0 aromatic carbocycles. The molecule has 6 nitrogen and oxygen atoms in total. The van der Waals surface area contributed by atoms with E-state index >= 15 is 0 Å². The summed E-state index contributed by atoms with van der Waals surface area (Å²) < 4.78 is 25.7. The Kier molecular flexibility index (Phi) is 3.24. The van der Waals surface area contributed by atoms with Gasteiger partial charge in [0, 0.05) is 13.1 Å². The first-order chi connectivity index (χ1) is 7.91. The monoisotopic (exact) mass is 259 g/mol. The van der Waals surface area contributed by atoms with Crippen LogP contribution in [0.25, 0.3) is 0 Å². The van der Waals surface area contributed by atoms with Gasteiger partial charge in [-0.15, -0.1) is 0 Å². The molecule has 2 atom stereocenters. The average Bonchev–Trinajstić information content (AvgIpc) is 2.69. The van der Waals surface area contributed by atoms with Crippen LogP contribution in [0.4, 0.5) is 0 Å². The number of piperidine rings is 1. The van der Waals surface area contributed by atoms with E-state index in [9.17, 15) is 13.5 Å². The van der Waals surface area contributed by atoms with Gasteiger partial charge in [0.1, 0.15) is 5.82 Å². The second-order valence-electron chi connectivity index (χ2n) is 4.53. The molecular formula is C10H17N3O3S. The van der Waals surface area contributed by atoms with Crippen LogP contribution >= 0.6 is 0 Å². The Morgan fingerprint density at radius 1 is 1.59 bits per heavy atom. The SMILES string of the molecule is Cc1ncc(S(=O)(=O)N2CCC(C)C(O)C2)[nH]1. The van der Waals surface area contributed by atoms with Crippen molar-refractivity contribution in [2.45, 2.75) is 31.4 Å². The highest BCUT2D eigenvalue weighted by Gasteiger charge is 2.33. The van der Waals surface area contributed by atoms with Crippen LogP contribution in [0, 0.1) is 12.8 Å². The van der Waals surface area contributed by atoms with E-state index in [1.807, 2.05) is 6.92 Å². The van der Waals surface area contributed by atoms with E-state index in [0.717, 1.165) is 0 Å². The lowest BCUT2D eigenvalue weighted by Gasteiger charge is -2.32. The minimum absolute atomic E-state index is 0.0942. The van der Waals surface area contributed by atoms with Gasteiger partial charge >= 0.3 is 0 Å². The molecule has 0 aliphatic carbocycles. The maximum absolute atomic E-state index is 12.2. The highest BCUT2D eigenvalue weighted by atomic mass is 32.2. The number of aromatic amines is 1. The number of aromatic nitrogens is 2. The van der Waals surface area contributed by atoms with Gasteiger partial charge in [-0.05, 0) is 19.3 Å². The van der Waals surface area contributed by atoms with Crippen LogP contribution in [0.3, 0.4) is 0 Å². The molecule has 1 aromatic rings. The van der Waals surface area contributed by atoms with E-state index in [2.05, 4.69) is 9.97 Å². The molecule has 2 unspecified atom stereocenters. The second-order valence-corrected chi connectivity index (χ2v) is 6.44. The van der Waals surface area contributed by atoms with Crippen LogP contribution in [0.5, 0.6) is 0 Å². The molecular weight excluding hydrogens is 242 g/mol. The summed E-state index contributed by atoms with van der Waals surface area (Å²) >= 11 is 0. The van der Waals surface area contributed by atoms with Gasteiger partial charge in [-0.1, -0.05) is 6.92 Å². The highest BCUT2D eigenvalue weighted by molar-refractivity contribution is 7.89. The maximum Gasteiger partial charge on any atom is 0.260 e. The highest BCUT2D eigenvalue weighted by Crippen LogP contribution is 2.22. The van der Waals surface area contributed by atoms with E-state index in [1.165, 1.54) is 10.5 Å². The van der Waals surface area contributed by atoms with Crippen LogP contribution in [-0.2, 0) is 10.0 Å². The summed E-state index contributed by atoms with van der Waals surface area (Å²) in [6.07, 6.45) is 1.39. The summed E-state index contributed by atoms with van der Waals surface area (Å²) in [4.78, 5) is 6.61. The van der Waals surface area contributed by atoms with Crippen LogP contribution in [-0.4, -0.2) is 47.0 Å². The van der Waals surface area contributed by atoms with Crippen molar-refractivity contribution >= 4 is 10.0 Å². The number of sulfonamides is 1. The Labute approximate surface area is 101 Å². The Hall–Kier alpha value is -0.920. The number of rotatable bonds is 2. The third kappa shape index (κ3) is 2.36. The van der Waals surface area contributed by atoms with Crippen LogP contribution in [0.1, 0.15) is 19.2 Å². The van der Waals surface area contributed by atoms with E-state index in [-0.39, 0.29) is 17.5 Å². The molecule has 1 fully saturated rings.